The van der Waals surface area contributed by atoms with Gasteiger partial charge in [-0.1, -0.05) is 28.1 Å². The van der Waals surface area contributed by atoms with Crippen molar-refractivity contribution in [1.29, 1.82) is 0 Å². The number of anilines is 1. The molecule has 2 aromatic carbocycles. The van der Waals surface area contributed by atoms with Gasteiger partial charge in [0.1, 0.15) is 18.0 Å². The molecule has 0 unspecified atom stereocenters. The smallest absolute Gasteiger partial charge is 0.137 e. The molecule has 0 aliphatic carbocycles. The van der Waals surface area contributed by atoms with Crippen LogP contribution in [0, 0.1) is 5.82 Å². The average Bonchev–Trinajstić information content (AvgIpc) is 2.67. The van der Waals surface area contributed by atoms with Crippen LogP contribution < -0.4 is 5.32 Å². The molecule has 0 atom stereocenters. The van der Waals surface area contributed by atoms with Gasteiger partial charge in [-0.15, -0.1) is 0 Å². The second kappa shape index (κ2) is 7.29. The molecule has 26 heavy (non-hydrogen) atoms. The van der Waals surface area contributed by atoms with E-state index in [1.807, 2.05) is 6.07 Å². The summed E-state index contributed by atoms with van der Waals surface area (Å²) in [5.41, 5.74) is 1.95. The Kier molecular flexibility index (Phi) is 4.87. The van der Waals surface area contributed by atoms with Crippen molar-refractivity contribution >= 4 is 32.7 Å². The first-order chi connectivity index (χ1) is 12.7. The number of fused-ring (bicyclic) bond motifs is 1. The van der Waals surface area contributed by atoms with E-state index in [-0.39, 0.29) is 11.2 Å². The van der Waals surface area contributed by atoms with Crippen molar-refractivity contribution < 1.29 is 9.13 Å². The molecule has 4 nitrogen and oxygen atoms in total. The van der Waals surface area contributed by atoms with E-state index in [1.54, 1.807) is 6.07 Å². The molecule has 6 heteroatoms. The number of benzene rings is 2. The Balaban J connectivity index is 1.66. The van der Waals surface area contributed by atoms with E-state index in [4.69, 9.17) is 4.74 Å². The molecule has 1 aliphatic heterocycles. The fraction of sp³-hybridized carbons (Fsp3) is 0.300. The Morgan fingerprint density at radius 1 is 1.12 bits per heavy atom. The Morgan fingerprint density at radius 2 is 1.96 bits per heavy atom. The number of nitrogens with zero attached hydrogens (tertiary/aromatic N) is 2. The molecule has 2 heterocycles. The van der Waals surface area contributed by atoms with Crippen molar-refractivity contribution in [1.82, 2.24) is 9.97 Å². The molecule has 1 N–H and O–H groups in total. The van der Waals surface area contributed by atoms with Crippen molar-refractivity contribution in [3.05, 3.63) is 64.6 Å². The van der Waals surface area contributed by atoms with Crippen LogP contribution in [0.3, 0.4) is 0 Å². The van der Waals surface area contributed by atoms with E-state index in [2.05, 4.69) is 49.4 Å². The number of hydrogen-bond donors (Lipinski definition) is 1. The normalized spacial score (nSPS) is 16.5. The maximum absolute atomic E-state index is 13.7. The lowest BCUT2D eigenvalue weighted by Crippen LogP contribution is -2.40. The minimum Gasteiger partial charge on any atom is -0.381 e. The van der Waals surface area contributed by atoms with Gasteiger partial charge in [-0.3, -0.25) is 0 Å². The standard InChI is InChI=1S/C20H19BrFN3O/c21-15-3-1-2-14(10-15)20(6-8-26-9-7-20)12-23-19-17-11-16(22)4-5-18(17)24-13-25-19/h1-5,10-11,13H,6-9,12H2,(H,23,24,25). The van der Waals surface area contributed by atoms with Crippen LogP contribution in [0.4, 0.5) is 10.2 Å². The highest BCUT2D eigenvalue weighted by Crippen LogP contribution is 2.36. The quantitative estimate of drug-likeness (QED) is 0.671. The Bertz CT molecular complexity index is 928. The number of ether oxygens (including phenoxy) is 1. The third-order valence-electron chi connectivity index (χ3n) is 5.08. The van der Waals surface area contributed by atoms with Crippen LogP contribution in [-0.2, 0) is 10.2 Å². The van der Waals surface area contributed by atoms with Gasteiger partial charge in [0, 0.05) is 35.0 Å². The topological polar surface area (TPSA) is 47.0 Å². The fourth-order valence-electron chi connectivity index (χ4n) is 3.57. The molecule has 1 saturated heterocycles. The summed E-state index contributed by atoms with van der Waals surface area (Å²) >= 11 is 3.58. The van der Waals surface area contributed by atoms with Crippen LogP contribution in [-0.4, -0.2) is 29.7 Å². The molecule has 1 aromatic heterocycles. The van der Waals surface area contributed by atoms with Gasteiger partial charge in [-0.2, -0.15) is 0 Å². The van der Waals surface area contributed by atoms with Crippen LogP contribution in [0.5, 0.6) is 0 Å². The zero-order valence-electron chi connectivity index (χ0n) is 14.2. The van der Waals surface area contributed by atoms with Crippen molar-refractivity contribution in [2.45, 2.75) is 18.3 Å². The van der Waals surface area contributed by atoms with Crippen molar-refractivity contribution in [3.63, 3.8) is 0 Å². The first-order valence-electron chi connectivity index (χ1n) is 8.64. The summed E-state index contributed by atoms with van der Waals surface area (Å²) in [5.74, 6) is 0.374. The molecule has 0 saturated carbocycles. The Morgan fingerprint density at radius 3 is 2.77 bits per heavy atom. The zero-order valence-corrected chi connectivity index (χ0v) is 15.8. The average molecular weight is 416 g/mol. The molecule has 134 valence electrons. The van der Waals surface area contributed by atoms with Gasteiger partial charge in [-0.05, 0) is 48.7 Å². The summed E-state index contributed by atoms with van der Waals surface area (Å²) < 4.78 is 20.4. The number of rotatable bonds is 4. The predicted molar refractivity (Wildman–Crippen MR) is 104 cm³/mol. The van der Waals surface area contributed by atoms with Crippen molar-refractivity contribution in [3.8, 4) is 0 Å². The Labute approximate surface area is 159 Å². The summed E-state index contributed by atoms with van der Waals surface area (Å²) in [6, 6.07) is 13.0. The summed E-state index contributed by atoms with van der Waals surface area (Å²) in [6.45, 7) is 2.16. The lowest BCUT2D eigenvalue weighted by atomic mass is 9.74. The summed E-state index contributed by atoms with van der Waals surface area (Å²) in [5, 5.41) is 4.15. The molecule has 0 bridgehead atoms. The maximum Gasteiger partial charge on any atom is 0.137 e. The largest absolute Gasteiger partial charge is 0.381 e. The predicted octanol–water partition coefficient (Wildman–Crippen LogP) is 4.69. The molecule has 1 aliphatic rings. The van der Waals surface area contributed by atoms with Gasteiger partial charge >= 0.3 is 0 Å². The summed E-state index contributed by atoms with van der Waals surface area (Å²) in [6.07, 6.45) is 3.36. The summed E-state index contributed by atoms with van der Waals surface area (Å²) in [7, 11) is 0. The molecule has 1 fully saturated rings. The monoisotopic (exact) mass is 415 g/mol. The highest BCUT2D eigenvalue weighted by molar-refractivity contribution is 9.10. The van der Waals surface area contributed by atoms with Crippen LogP contribution in [0.25, 0.3) is 10.9 Å². The first-order valence-corrected chi connectivity index (χ1v) is 9.44. The molecule has 0 amide bonds. The number of nitrogens with one attached hydrogen (secondary N) is 1. The third-order valence-corrected chi connectivity index (χ3v) is 5.57. The van der Waals surface area contributed by atoms with E-state index < -0.39 is 0 Å². The van der Waals surface area contributed by atoms with E-state index in [9.17, 15) is 4.39 Å². The van der Waals surface area contributed by atoms with Gasteiger partial charge in [0.15, 0.2) is 0 Å². The summed E-state index contributed by atoms with van der Waals surface area (Å²) in [4.78, 5) is 8.57. The van der Waals surface area contributed by atoms with Gasteiger partial charge in [0.25, 0.3) is 0 Å². The van der Waals surface area contributed by atoms with Crippen LogP contribution in [0.2, 0.25) is 0 Å². The first kappa shape index (κ1) is 17.4. The number of aromatic nitrogens is 2. The molecular weight excluding hydrogens is 397 g/mol. The second-order valence-corrected chi connectivity index (χ2v) is 7.56. The molecule has 0 radical (unpaired) electrons. The van der Waals surface area contributed by atoms with Crippen LogP contribution in [0.15, 0.2) is 53.3 Å². The maximum atomic E-state index is 13.7. The van der Waals surface area contributed by atoms with Crippen LogP contribution in [0.1, 0.15) is 18.4 Å². The highest BCUT2D eigenvalue weighted by Gasteiger charge is 2.34. The molecule has 4 rings (SSSR count). The lowest BCUT2D eigenvalue weighted by molar-refractivity contribution is 0.0543. The third kappa shape index (κ3) is 3.44. The zero-order chi connectivity index (χ0) is 18.0. The minimum atomic E-state index is -0.289. The lowest BCUT2D eigenvalue weighted by Gasteiger charge is -2.38. The number of halogens is 2. The van der Waals surface area contributed by atoms with E-state index in [1.165, 1.54) is 24.0 Å². The van der Waals surface area contributed by atoms with Gasteiger partial charge in [0.05, 0.1) is 5.52 Å². The van der Waals surface area contributed by atoms with Gasteiger partial charge in [-0.25, -0.2) is 14.4 Å². The van der Waals surface area contributed by atoms with E-state index >= 15 is 0 Å². The molecular formula is C20H19BrFN3O. The molecule has 3 aromatic rings. The van der Waals surface area contributed by atoms with Crippen LogP contribution >= 0.6 is 15.9 Å². The SMILES string of the molecule is Fc1ccc2ncnc(NCC3(c4cccc(Br)c4)CCOCC3)c2c1. The van der Waals surface area contributed by atoms with E-state index in [0.717, 1.165) is 36.0 Å². The van der Waals surface area contributed by atoms with Gasteiger partial charge < -0.3 is 10.1 Å². The fourth-order valence-corrected chi connectivity index (χ4v) is 3.97. The highest BCUT2D eigenvalue weighted by atomic mass is 79.9. The Hall–Kier alpha value is -2.05. The number of hydrogen-bond acceptors (Lipinski definition) is 4. The second-order valence-electron chi connectivity index (χ2n) is 6.64. The van der Waals surface area contributed by atoms with Crippen molar-refractivity contribution in [2.75, 3.05) is 25.1 Å². The molecule has 0 spiro atoms. The van der Waals surface area contributed by atoms with Gasteiger partial charge in [0.2, 0.25) is 0 Å². The van der Waals surface area contributed by atoms with E-state index in [0.29, 0.717) is 17.7 Å². The minimum absolute atomic E-state index is 0.0490. The van der Waals surface area contributed by atoms with Crippen molar-refractivity contribution in [2.24, 2.45) is 0 Å².